The van der Waals surface area contributed by atoms with Gasteiger partial charge in [-0.3, -0.25) is 14.1 Å². The summed E-state index contributed by atoms with van der Waals surface area (Å²) in [5.41, 5.74) is 0. The molecule has 0 aromatic rings. The van der Waals surface area contributed by atoms with E-state index in [1.165, 1.54) is 0 Å². The maximum absolute atomic E-state index is 10.2. The Hall–Kier alpha value is 0.770. The average Bonchev–Trinajstić information content (AvgIpc) is 1.79. The van der Waals surface area contributed by atoms with Gasteiger partial charge < -0.3 is 22.5 Å². The Morgan fingerprint density at radius 2 is 1.38 bits per heavy atom. The van der Waals surface area contributed by atoms with Crippen molar-refractivity contribution in [2.75, 3.05) is 0 Å². The molecule has 12 heteroatoms. The Balaban J connectivity index is -0.000000101. The number of rotatable bonds is 4. The van der Waals surface area contributed by atoms with E-state index in [1.807, 2.05) is 0 Å². The van der Waals surface area contributed by atoms with E-state index in [0.29, 0.717) is 0 Å². The average molecular weight is 276 g/mol. The molecule has 0 bridgehead atoms. The molecule has 0 aliphatic carbocycles. The second-order valence-electron chi connectivity index (χ2n) is 1.94. The van der Waals surface area contributed by atoms with E-state index >= 15 is 0 Å². The molecular weight excluding hydrogens is 266 g/mol. The van der Waals surface area contributed by atoms with Crippen LogP contribution in [0.5, 0.6) is 0 Å². The van der Waals surface area contributed by atoms with E-state index in [0.717, 1.165) is 0 Å². The molecule has 0 heterocycles. The molecule has 86 valence electrons. The summed E-state index contributed by atoms with van der Waals surface area (Å²) >= 11 is 0. The Morgan fingerprint density at radius 1 is 1.06 bits per heavy atom. The first kappa shape index (κ1) is 30.1. The molecule has 0 aromatic carbocycles. The Bertz CT molecular complexity index is 306. The van der Waals surface area contributed by atoms with Gasteiger partial charge in [0.05, 0.1) is 6.42 Å². The molecule has 16 heavy (non-hydrogen) atoms. The standard InChI is InChI=1S/C4H6O7S.2H2N.2Na/c5-3(6)1-2(4(7)8)12(9,10)11;;;;/h2H,1H2,(H,5,6)(H,7,8)(H,9,10,11);2*1H2;;/q;2*-1;2*+1. The number of carboxylic acids is 2. The summed E-state index contributed by atoms with van der Waals surface area (Å²) in [6.07, 6.45) is -1.16. The molecule has 1 atom stereocenters. The predicted molar refractivity (Wildman–Crippen MR) is 45.8 cm³/mol. The zero-order valence-corrected chi connectivity index (χ0v) is 13.6. The summed E-state index contributed by atoms with van der Waals surface area (Å²) in [6.45, 7) is 0. The van der Waals surface area contributed by atoms with Crippen molar-refractivity contribution in [1.29, 1.82) is 0 Å². The van der Waals surface area contributed by atoms with Crippen LogP contribution in [0, 0.1) is 0 Å². The molecule has 0 fully saturated rings. The van der Waals surface area contributed by atoms with Crippen molar-refractivity contribution in [2.45, 2.75) is 11.7 Å². The van der Waals surface area contributed by atoms with E-state index < -0.39 is 33.7 Å². The zero-order chi connectivity index (χ0) is 9.94. The minimum atomic E-state index is -4.84. The van der Waals surface area contributed by atoms with Crippen LogP contribution < -0.4 is 59.1 Å². The maximum atomic E-state index is 10.2. The van der Waals surface area contributed by atoms with Crippen molar-refractivity contribution in [3.05, 3.63) is 12.3 Å². The molecule has 0 aliphatic heterocycles. The molecule has 0 saturated carbocycles. The third-order valence-corrected chi connectivity index (χ3v) is 2.08. The van der Waals surface area contributed by atoms with Gasteiger partial charge in [-0.15, -0.1) is 0 Å². The van der Waals surface area contributed by atoms with Crippen molar-refractivity contribution in [2.24, 2.45) is 0 Å². The Morgan fingerprint density at radius 3 is 1.44 bits per heavy atom. The monoisotopic (exact) mass is 276 g/mol. The molecule has 0 radical (unpaired) electrons. The van der Waals surface area contributed by atoms with Gasteiger partial charge in [-0.05, 0) is 0 Å². The fraction of sp³-hybridized carbons (Fsp3) is 0.500. The molecule has 0 spiro atoms. The molecule has 0 rings (SSSR count). The molecule has 0 aromatic heterocycles. The quantitative estimate of drug-likeness (QED) is 0.335. The number of hydrogen-bond donors (Lipinski definition) is 3. The molecule has 0 saturated heterocycles. The summed E-state index contributed by atoms with van der Waals surface area (Å²) in [6, 6.07) is 0. The normalized spacial score (nSPS) is 10.3. The van der Waals surface area contributed by atoms with Crippen LogP contribution >= 0.6 is 0 Å². The topological polar surface area (TPSA) is 196 Å². The van der Waals surface area contributed by atoms with Crippen LogP contribution in [0.4, 0.5) is 0 Å². The van der Waals surface area contributed by atoms with Crippen molar-refractivity contribution in [3.63, 3.8) is 0 Å². The smallest absolute Gasteiger partial charge is 0.693 e. The van der Waals surface area contributed by atoms with Crippen molar-refractivity contribution >= 4 is 22.1 Å². The first-order valence-corrected chi connectivity index (χ1v) is 4.16. The van der Waals surface area contributed by atoms with E-state index in [9.17, 15) is 18.0 Å². The van der Waals surface area contributed by atoms with Gasteiger partial charge in [-0.2, -0.15) is 8.42 Å². The van der Waals surface area contributed by atoms with Crippen LogP contribution in [0.3, 0.4) is 0 Å². The van der Waals surface area contributed by atoms with Crippen LogP contribution in [-0.2, 0) is 19.7 Å². The summed E-state index contributed by atoms with van der Waals surface area (Å²) in [4.78, 5) is 20.0. The Labute approximate surface area is 136 Å². The first-order valence-electron chi connectivity index (χ1n) is 2.66. The fourth-order valence-corrected chi connectivity index (χ4v) is 1.09. The van der Waals surface area contributed by atoms with E-state index in [1.54, 1.807) is 0 Å². The summed E-state index contributed by atoms with van der Waals surface area (Å²) in [5.74, 6) is -3.50. The molecule has 0 aliphatic rings. The van der Waals surface area contributed by atoms with Gasteiger partial charge in [0, 0.05) is 0 Å². The van der Waals surface area contributed by atoms with Gasteiger partial charge in [-0.25, -0.2) is 0 Å². The minimum Gasteiger partial charge on any atom is -0.693 e. The second kappa shape index (κ2) is 12.2. The van der Waals surface area contributed by atoms with Crippen LogP contribution in [0.25, 0.3) is 12.3 Å². The fourth-order valence-electron chi connectivity index (χ4n) is 0.479. The number of carbonyl (C=O) groups is 2. The van der Waals surface area contributed by atoms with Crippen LogP contribution in [-0.4, -0.2) is 40.4 Å². The van der Waals surface area contributed by atoms with Crippen LogP contribution in [0.15, 0.2) is 0 Å². The van der Waals surface area contributed by atoms with Gasteiger partial charge in [-0.1, -0.05) is 0 Å². The number of hydrogen-bond acceptors (Lipinski definition) is 4. The molecule has 9 nitrogen and oxygen atoms in total. The third-order valence-electron chi connectivity index (χ3n) is 0.995. The van der Waals surface area contributed by atoms with Crippen LogP contribution in [0.2, 0.25) is 0 Å². The number of carboxylic acid groups (broad SMARTS) is 2. The van der Waals surface area contributed by atoms with Gasteiger partial charge in [0.2, 0.25) is 0 Å². The van der Waals surface area contributed by atoms with E-state index in [4.69, 9.17) is 14.8 Å². The van der Waals surface area contributed by atoms with Gasteiger partial charge in [0.25, 0.3) is 10.1 Å². The molecular formula is C4H10N2Na2O7S. The summed E-state index contributed by atoms with van der Waals surface area (Å²) in [5, 5.41) is 13.9. The molecule has 7 N–H and O–H groups in total. The van der Waals surface area contributed by atoms with Crippen LogP contribution in [0.1, 0.15) is 6.42 Å². The number of aliphatic carboxylic acids is 2. The predicted octanol–water partition coefficient (Wildman–Crippen LogP) is -5.76. The SMILES string of the molecule is O=C(O)CC(C(=O)O)S(=O)(=O)O.[NH2-].[NH2-].[Na+].[Na+]. The molecule has 1 unspecified atom stereocenters. The van der Waals surface area contributed by atoms with Gasteiger partial charge >= 0.3 is 71.1 Å². The zero-order valence-electron chi connectivity index (χ0n) is 8.82. The van der Waals surface area contributed by atoms with Gasteiger partial charge in [0.1, 0.15) is 0 Å². The second-order valence-corrected chi connectivity index (χ2v) is 3.54. The van der Waals surface area contributed by atoms with Crippen molar-refractivity contribution in [3.8, 4) is 0 Å². The maximum Gasteiger partial charge on any atom is 1.00 e. The van der Waals surface area contributed by atoms with Crippen molar-refractivity contribution in [1.82, 2.24) is 0 Å². The third kappa shape index (κ3) is 12.8. The molecule has 0 amide bonds. The van der Waals surface area contributed by atoms with Crippen molar-refractivity contribution < 1.29 is 91.9 Å². The Kier molecular flexibility index (Phi) is 23.0. The number of nitrogens with two attached hydrogens (primary N) is 2. The minimum absolute atomic E-state index is 0. The largest absolute Gasteiger partial charge is 1.00 e. The summed E-state index contributed by atoms with van der Waals surface area (Å²) in [7, 11) is -4.84. The summed E-state index contributed by atoms with van der Waals surface area (Å²) < 4.78 is 28.7. The van der Waals surface area contributed by atoms with E-state index in [2.05, 4.69) is 0 Å². The first-order chi connectivity index (χ1) is 5.25. The van der Waals surface area contributed by atoms with Gasteiger partial charge in [0.15, 0.2) is 5.25 Å². The van der Waals surface area contributed by atoms with E-state index in [-0.39, 0.29) is 71.4 Å².